The number of nitrogens with zero attached hydrogens (tertiary/aromatic N) is 4. The third-order valence-corrected chi connectivity index (χ3v) is 13.0. The Morgan fingerprint density at radius 1 is 0.407 bits per heavy atom. The van der Waals surface area contributed by atoms with Crippen LogP contribution in [0.15, 0.2) is 186 Å². The van der Waals surface area contributed by atoms with Gasteiger partial charge in [-0.2, -0.15) is 9.97 Å². The fraction of sp³-hybridized carbons (Fsp3) is 0. The van der Waals surface area contributed by atoms with Gasteiger partial charge in [-0.15, -0.1) is 11.3 Å². The second-order valence-electron chi connectivity index (χ2n) is 15.2. The van der Waals surface area contributed by atoms with Crippen molar-refractivity contribution in [3.05, 3.63) is 182 Å². The molecule has 0 saturated carbocycles. The van der Waals surface area contributed by atoms with Crippen LogP contribution in [0.1, 0.15) is 0 Å². The van der Waals surface area contributed by atoms with Crippen LogP contribution in [0, 0.1) is 0 Å². The number of para-hydroxylation sites is 2. The van der Waals surface area contributed by atoms with Crippen LogP contribution in [-0.2, 0) is 0 Å². The highest BCUT2D eigenvalue weighted by Gasteiger charge is 2.23. The van der Waals surface area contributed by atoms with E-state index in [2.05, 4.69) is 168 Å². The normalized spacial score (nSPS) is 12.1. The van der Waals surface area contributed by atoms with Crippen molar-refractivity contribution in [2.24, 2.45) is 0 Å². The van der Waals surface area contributed by atoms with E-state index in [1.54, 1.807) is 0 Å². The monoisotopic (exact) mass is 770 g/mol. The molecule has 0 unspecified atom stereocenters. The average Bonchev–Trinajstić information content (AvgIpc) is 3.98. The van der Waals surface area contributed by atoms with Gasteiger partial charge in [0.1, 0.15) is 11.2 Å². The molecule has 0 bridgehead atoms. The maximum Gasteiger partial charge on any atom is 0.238 e. The van der Waals surface area contributed by atoms with E-state index in [9.17, 15) is 0 Å². The fourth-order valence-corrected chi connectivity index (χ4v) is 10.2. The van der Waals surface area contributed by atoms with Crippen LogP contribution in [-0.4, -0.2) is 19.5 Å². The first-order valence-corrected chi connectivity index (χ1v) is 20.6. The zero-order chi connectivity index (χ0) is 38.6. The fourth-order valence-electron chi connectivity index (χ4n) is 9.09. The van der Waals surface area contributed by atoms with E-state index in [-0.39, 0.29) is 0 Å². The Morgan fingerprint density at radius 3 is 1.95 bits per heavy atom. The van der Waals surface area contributed by atoms with Crippen molar-refractivity contribution >= 4 is 96.8 Å². The molecule has 274 valence electrons. The summed E-state index contributed by atoms with van der Waals surface area (Å²) < 4.78 is 11.2. The minimum absolute atomic E-state index is 0.550. The molecule has 0 aliphatic rings. The summed E-state index contributed by atoms with van der Waals surface area (Å²) >= 11 is 1.84. The standard InChI is InChI=1S/C53H30N4OS/c1-2-12-33-28-35(21-20-31(33)10-1)51-54-52(36-23-25-40-39-14-5-7-18-45(39)58-46(40)29-36)56-53(55-51)57-44-27-24-32-11-3-4-13-37(32)49(44)43-17-9-16-38(50(43)57)34-22-26-42-41-15-6-8-19-47(41)59-48(42)30-34/h1-30H. The van der Waals surface area contributed by atoms with Crippen molar-refractivity contribution in [1.29, 1.82) is 0 Å². The zero-order valence-corrected chi connectivity index (χ0v) is 32.2. The molecule has 0 radical (unpaired) electrons. The van der Waals surface area contributed by atoms with Gasteiger partial charge < -0.3 is 4.42 Å². The van der Waals surface area contributed by atoms with Crippen molar-refractivity contribution in [2.75, 3.05) is 0 Å². The highest BCUT2D eigenvalue weighted by atomic mass is 32.1. The van der Waals surface area contributed by atoms with E-state index in [0.29, 0.717) is 17.6 Å². The summed E-state index contributed by atoms with van der Waals surface area (Å²) in [6.45, 7) is 0. The molecule has 0 fully saturated rings. The maximum atomic E-state index is 6.38. The molecule has 0 saturated heterocycles. The third kappa shape index (κ3) is 4.94. The van der Waals surface area contributed by atoms with Crippen molar-refractivity contribution in [3.63, 3.8) is 0 Å². The van der Waals surface area contributed by atoms with Crippen LogP contribution in [0.4, 0.5) is 0 Å². The van der Waals surface area contributed by atoms with Crippen LogP contribution in [0.25, 0.3) is 125 Å². The molecule has 0 N–H and O–H groups in total. The molecular formula is C53H30N4OS. The minimum atomic E-state index is 0.550. The number of hydrogen-bond donors (Lipinski definition) is 0. The van der Waals surface area contributed by atoms with Gasteiger partial charge in [0.25, 0.3) is 0 Å². The molecule has 5 nitrogen and oxygen atoms in total. The summed E-state index contributed by atoms with van der Waals surface area (Å²) in [4.78, 5) is 16.0. The Labute approximate surface area is 341 Å². The van der Waals surface area contributed by atoms with E-state index < -0.39 is 0 Å². The van der Waals surface area contributed by atoms with Crippen LogP contribution in [0.3, 0.4) is 0 Å². The Morgan fingerprint density at radius 2 is 1.05 bits per heavy atom. The molecule has 13 aromatic rings. The summed E-state index contributed by atoms with van der Waals surface area (Å²) in [6, 6.07) is 64.5. The SMILES string of the molecule is c1ccc2cc(-c3nc(-c4ccc5c(c4)oc4ccccc45)nc(-n4c5ccc6ccccc6c5c5cccc(-c6ccc7c(c6)sc6ccccc67)c54)n3)ccc2c1. The second-order valence-corrected chi connectivity index (χ2v) is 16.3. The molecule has 4 heterocycles. The first kappa shape index (κ1) is 32.4. The summed E-state index contributed by atoms with van der Waals surface area (Å²) in [5.41, 5.74) is 7.75. The summed E-state index contributed by atoms with van der Waals surface area (Å²) in [5.74, 6) is 1.72. The van der Waals surface area contributed by atoms with Gasteiger partial charge in [-0.25, -0.2) is 4.98 Å². The quantitative estimate of drug-likeness (QED) is 0.179. The molecule has 13 rings (SSSR count). The summed E-state index contributed by atoms with van der Waals surface area (Å²) in [7, 11) is 0. The van der Waals surface area contributed by atoms with Crippen LogP contribution < -0.4 is 0 Å². The van der Waals surface area contributed by atoms with Crippen LogP contribution >= 0.6 is 11.3 Å². The molecule has 9 aromatic carbocycles. The number of furan rings is 1. The predicted molar refractivity (Wildman–Crippen MR) is 246 cm³/mol. The lowest BCUT2D eigenvalue weighted by molar-refractivity contribution is 0.669. The molecule has 6 heteroatoms. The summed E-state index contributed by atoms with van der Waals surface area (Å²) in [6.07, 6.45) is 0. The van der Waals surface area contributed by atoms with Crippen molar-refractivity contribution < 1.29 is 4.42 Å². The van der Waals surface area contributed by atoms with Gasteiger partial charge >= 0.3 is 0 Å². The molecule has 0 aliphatic carbocycles. The minimum Gasteiger partial charge on any atom is -0.456 e. The number of rotatable bonds is 4. The summed E-state index contributed by atoms with van der Waals surface area (Å²) in [5, 5.41) is 11.7. The lowest BCUT2D eigenvalue weighted by Crippen LogP contribution is -2.07. The first-order valence-electron chi connectivity index (χ1n) is 19.8. The lowest BCUT2D eigenvalue weighted by Gasteiger charge is -2.13. The van der Waals surface area contributed by atoms with Crippen LogP contribution in [0.5, 0.6) is 0 Å². The molecule has 0 aliphatic heterocycles. The van der Waals surface area contributed by atoms with Gasteiger partial charge in [0.05, 0.1) is 11.0 Å². The highest BCUT2D eigenvalue weighted by molar-refractivity contribution is 7.25. The number of hydrogen-bond acceptors (Lipinski definition) is 5. The highest BCUT2D eigenvalue weighted by Crippen LogP contribution is 2.43. The smallest absolute Gasteiger partial charge is 0.238 e. The van der Waals surface area contributed by atoms with Gasteiger partial charge in [0.2, 0.25) is 5.95 Å². The number of aromatic nitrogens is 4. The number of fused-ring (bicyclic) bond motifs is 12. The zero-order valence-electron chi connectivity index (χ0n) is 31.4. The van der Waals surface area contributed by atoms with E-state index in [1.165, 1.54) is 36.3 Å². The molecule has 0 amide bonds. The Bertz CT molecular complexity index is 3870. The van der Waals surface area contributed by atoms with E-state index in [4.69, 9.17) is 19.4 Å². The largest absolute Gasteiger partial charge is 0.456 e. The first-order chi connectivity index (χ1) is 29.2. The second kappa shape index (κ2) is 12.4. The molecule has 0 spiro atoms. The maximum absolute atomic E-state index is 6.38. The lowest BCUT2D eigenvalue weighted by atomic mass is 9.99. The van der Waals surface area contributed by atoms with Gasteiger partial charge in [0.15, 0.2) is 11.6 Å². The molecule has 0 atom stereocenters. The van der Waals surface area contributed by atoms with Gasteiger partial charge in [-0.1, -0.05) is 140 Å². The number of thiophene rings is 1. The van der Waals surface area contributed by atoms with Crippen molar-refractivity contribution in [1.82, 2.24) is 19.5 Å². The Balaban J connectivity index is 1.12. The topological polar surface area (TPSA) is 56.7 Å². The molecule has 59 heavy (non-hydrogen) atoms. The van der Waals surface area contributed by atoms with Crippen LogP contribution in [0.2, 0.25) is 0 Å². The predicted octanol–water partition coefficient (Wildman–Crippen LogP) is 14.5. The Hall–Kier alpha value is -7.67. The van der Waals surface area contributed by atoms with Gasteiger partial charge in [0, 0.05) is 58.4 Å². The molecular weight excluding hydrogens is 741 g/mol. The van der Waals surface area contributed by atoms with Crippen molar-refractivity contribution in [3.8, 4) is 39.9 Å². The van der Waals surface area contributed by atoms with Crippen molar-refractivity contribution in [2.45, 2.75) is 0 Å². The van der Waals surface area contributed by atoms with Gasteiger partial charge in [-0.3, -0.25) is 4.57 Å². The number of benzene rings is 9. The molecule has 4 aromatic heterocycles. The van der Waals surface area contributed by atoms with E-state index in [1.807, 2.05) is 29.5 Å². The average molecular weight is 771 g/mol. The Kier molecular flexibility index (Phi) is 6.82. The van der Waals surface area contributed by atoms with E-state index >= 15 is 0 Å². The van der Waals surface area contributed by atoms with E-state index in [0.717, 1.165) is 71.4 Å². The third-order valence-electron chi connectivity index (χ3n) is 11.8. The van der Waals surface area contributed by atoms with Gasteiger partial charge in [-0.05, 0) is 69.6 Å².